The van der Waals surface area contributed by atoms with Crippen LogP contribution in [-0.2, 0) is 12.8 Å². The van der Waals surface area contributed by atoms with Gasteiger partial charge in [-0.3, -0.25) is 0 Å². The van der Waals surface area contributed by atoms with E-state index in [1.54, 1.807) is 0 Å². The molecular formula is C49H31N3O. The molecule has 0 saturated heterocycles. The lowest BCUT2D eigenvalue weighted by atomic mass is 9.85. The number of rotatable bonds is 4. The molecule has 0 aliphatic heterocycles. The van der Waals surface area contributed by atoms with Crippen LogP contribution in [0, 0.1) is 0 Å². The van der Waals surface area contributed by atoms with Crippen molar-refractivity contribution in [3.8, 4) is 56.4 Å². The number of hydrogen-bond acceptors (Lipinski definition) is 4. The summed E-state index contributed by atoms with van der Waals surface area (Å²) >= 11 is 0. The van der Waals surface area contributed by atoms with Crippen LogP contribution in [0.3, 0.4) is 0 Å². The van der Waals surface area contributed by atoms with Gasteiger partial charge in [0.1, 0.15) is 11.2 Å². The normalized spacial score (nSPS) is 12.4. The molecule has 11 rings (SSSR count). The maximum absolute atomic E-state index is 6.20. The van der Waals surface area contributed by atoms with Gasteiger partial charge in [0.2, 0.25) is 0 Å². The molecule has 0 saturated carbocycles. The van der Waals surface area contributed by atoms with Crippen molar-refractivity contribution in [3.05, 3.63) is 175 Å². The van der Waals surface area contributed by atoms with E-state index < -0.39 is 0 Å². The molecule has 248 valence electrons. The van der Waals surface area contributed by atoms with Crippen LogP contribution in [0.4, 0.5) is 0 Å². The van der Waals surface area contributed by atoms with Crippen molar-refractivity contribution in [1.82, 2.24) is 15.0 Å². The third kappa shape index (κ3) is 4.87. The zero-order valence-electron chi connectivity index (χ0n) is 28.8. The molecular weight excluding hydrogens is 647 g/mol. The van der Waals surface area contributed by atoms with Gasteiger partial charge in [-0.1, -0.05) is 140 Å². The molecule has 0 radical (unpaired) electrons. The van der Waals surface area contributed by atoms with E-state index in [9.17, 15) is 0 Å². The molecule has 0 N–H and O–H groups in total. The molecule has 53 heavy (non-hydrogen) atoms. The first kappa shape index (κ1) is 29.8. The summed E-state index contributed by atoms with van der Waals surface area (Å²) < 4.78 is 6.20. The molecule has 1 aliphatic carbocycles. The molecule has 2 heterocycles. The van der Waals surface area contributed by atoms with Gasteiger partial charge in [-0.25, -0.2) is 15.0 Å². The Morgan fingerprint density at radius 1 is 0.358 bits per heavy atom. The van der Waals surface area contributed by atoms with E-state index in [-0.39, 0.29) is 0 Å². The predicted octanol–water partition coefficient (Wildman–Crippen LogP) is 12.5. The summed E-state index contributed by atoms with van der Waals surface area (Å²) in [5.74, 6) is 1.97. The summed E-state index contributed by atoms with van der Waals surface area (Å²) in [5.41, 5.74) is 12.3. The Morgan fingerprint density at radius 2 is 0.962 bits per heavy atom. The first-order valence-corrected chi connectivity index (χ1v) is 18.1. The van der Waals surface area contributed by atoms with E-state index in [0.29, 0.717) is 17.5 Å². The fraction of sp³-hybridized carbons (Fsp3) is 0.0408. The van der Waals surface area contributed by atoms with Crippen molar-refractivity contribution in [2.45, 2.75) is 12.8 Å². The Hall–Kier alpha value is -6.91. The minimum absolute atomic E-state index is 0.642. The standard InChI is InChI=1S/C49H31N3O/c1-3-12-36-30(10-1)22-25-34-28-35(26-27-38(34)36)48-50-47(51-49(52-48)43-29-33-11-2-4-13-37(33)40-14-5-6-15-41(40)43)32-23-20-31(21-24-32)39-17-9-19-45-46(39)42-16-7-8-18-44(42)53-45/h1-21,23-24,26-29H,22,25H2. The van der Waals surface area contributed by atoms with Crippen molar-refractivity contribution < 1.29 is 4.42 Å². The van der Waals surface area contributed by atoms with Gasteiger partial charge in [0.05, 0.1) is 0 Å². The van der Waals surface area contributed by atoms with E-state index in [0.717, 1.165) is 73.4 Å². The van der Waals surface area contributed by atoms with Crippen LogP contribution < -0.4 is 0 Å². The molecule has 4 nitrogen and oxygen atoms in total. The fourth-order valence-electron chi connectivity index (χ4n) is 8.28. The van der Waals surface area contributed by atoms with Gasteiger partial charge in [-0.05, 0) is 92.0 Å². The largest absolute Gasteiger partial charge is 0.456 e. The Kier molecular flexibility index (Phi) is 6.65. The van der Waals surface area contributed by atoms with Crippen molar-refractivity contribution >= 4 is 43.5 Å². The maximum Gasteiger partial charge on any atom is 0.164 e. The van der Waals surface area contributed by atoms with Gasteiger partial charge in [-0.15, -0.1) is 0 Å². The maximum atomic E-state index is 6.20. The molecule has 8 aromatic carbocycles. The molecule has 0 spiro atoms. The van der Waals surface area contributed by atoms with E-state index in [1.807, 2.05) is 18.2 Å². The predicted molar refractivity (Wildman–Crippen MR) is 217 cm³/mol. The van der Waals surface area contributed by atoms with Crippen LogP contribution in [0.1, 0.15) is 11.1 Å². The van der Waals surface area contributed by atoms with Gasteiger partial charge >= 0.3 is 0 Å². The van der Waals surface area contributed by atoms with Crippen molar-refractivity contribution in [1.29, 1.82) is 0 Å². The van der Waals surface area contributed by atoms with Crippen LogP contribution in [0.2, 0.25) is 0 Å². The number of fused-ring (bicyclic) bond motifs is 9. The number of nitrogens with zero attached hydrogens (tertiary/aromatic N) is 3. The van der Waals surface area contributed by atoms with Gasteiger partial charge < -0.3 is 4.42 Å². The first-order chi connectivity index (χ1) is 26.2. The van der Waals surface area contributed by atoms with E-state index in [1.165, 1.54) is 33.0 Å². The third-order valence-electron chi connectivity index (χ3n) is 10.8. The van der Waals surface area contributed by atoms with Crippen LogP contribution in [0.15, 0.2) is 168 Å². The highest BCUT2D eigenvalue weighted by atomic mass is 16.3. The van der Waals surface area contributed by atoms with Crippen LogP contribution in [0.5, 0.6) is 0 Å². The average molecular weight is 678 g/mol. The summed E-state index contributed by atoms with van der Waals surface area (Å²) in [5, 5.41) is 6.91. The number of para-hydroxylation sites is 1. The lowest BCUT2D eigenvalue weighted by molar-refractivity contribution is 0.669. The molecule has 10 aromatic rings. The third-order valence-corrected chi connectivity index (χ3v) is 10.8. The van der Waals surface area contributed by atoms with Crippen molar-refractivity contribution in [2.75, 3.05) is 0 Å². The zero-order chi connectivity index (χ0) is 34.9. The number of aryl methyl sites for hydroxylation is 2. The SMILES string of the molecule is c1ccc2c(c1)CCc1cc(-c3nc(-c4ccc(-c5cccc6oc7ccccc7c56)cc4)nc(-c4cc5ccccc5c5ccccc45)n3)ccc1-2. The summed E-state index contributed by atoms with van der Waals surface area (Å²) in [7, 11) is 0. The Morgan fingerprint density at radius 3 is 1.85 bits per heavy atom. The molecule has 0 atom stereocenters. The van der Waals surface area contributed by atoms with Gasteiger partial charge in [-0.2, -0.15) is 0 Å². The summed E-state index contributed by atoms with van der Waals surface area (Å²) in [6, 6.07) is 57.8. The number of benzene rings is 8. The van der Waals surface area contributed by atoms with Gasteiger partial charge in [0.25, 0.3) is 0 Å². The minimum Gasteiger partial charge on any atom is -0.456 e. The van der Waals surface area contributed by atoms with Crippen molar-refractivity contribution in [3.63, 3.8) is 0 Å². The fourth-order valence-corrected chi connectivity index (χ4v) is 8.28. The highest BCUT2D eigenvalue weighted by Crippen LogP contribution is 2.39. The Balaban J connectivity index is 1.09. The lowest BCUT2D eigenvalue weighted by Crippen LogP contribution is -2.05. The highest BCUT2D eigenvalue weighted by Gasteiger charge is 2.20. The number of hydrogen-bond donors (Lipinski definition) is 0. The average Bonchev–Trinajstić information content (AvgIpc) is 3.62. The van der Waals surface area contributed by atoms with E-state index in [4.69, 9.17) is 19.4 Å². The zero-order valence-corrected chi connectivity index (χ0v) is 28.8. The quantitative estimate of drug-likeness (QED) is 0.174. The second kappa shape index (κ2) is 11.8. The molecule has 4 heteroatoms. The van der Waals surface area contributed by atoms with Crippen LogP contribution in [0.25, 0.3) is 99.9 Å². The molecule has 0 unspecified atom stereocenters. The van der Waals surface area contributed by atoms with E-state index >= 15 is 0 Å². The molecule has 1 aliphatic rings. The molecule has 2 aromatic heterocycles. The number of furan rings is 1. The second-order valence-electron chi connectivity index (χ2n) is 13.9. The van der Waals surface area contributed by atoms with Crippen LogP contribution in [-0.4, -0.2) is 15.0 Å². The monoisotopic (exact) mass is 677 g/mol. The lowest BCUT2D eigenvalue weighted by Gasteiger charge is -2.20. The van der Waals surface area contributed by atoms with Gasteiger partial charge in [0, 0.05) is 27.5 Å². The van der Waals surface area contributed by atoms with E-state index in [2.05, 4.69) is 146 Å². The minimum atomic E-state index is 0.642. The topological polar surface area (TPSA) is 51.8 Å². The van der Waals surface area contributed by atoms with Crippen LogP contribution >= 0.6 is 0 Å². The Bertz CT molecular complexity index is 3070. The summed E-state index contributed by atoms with van der Waals surface area (Å²) in [6.07, 6.45) is 2.01. The van der Waals surface area contributed by atoms with Gasteiger partial charge in [0.15, 0.2) is 17.5 Å². The number of aromatic nitrogens is 3. The summed E-state index contributed by atoms with van der Waals surface area (Å²) in [4.78, 5) is 15.6. The smallest absolute Gasteiger partial charge is 0.164 e. The molecule has 0 amide bonds. The molecule has 0 bridgehead atoms. The summed E-state index contributed by atoms with van der Waals surface area (Å²) in [6.45, 7) is 0. The van der Waals surface area contributed by atoms with Crippen molar-refractivity contribution in [2.24, 2.45) is 0 Å². The first-order valence-electron chi connectivity index (χ1n) is 18.1. The highest BCUT2D eigenvalue weighted by molar-refractivity contribution is 6.14. The molecule has 0 fully saturated rings. The Labute approximate surface area is 306 Å². The second-order valence-corrected chi connectivity index (χ2v) is 13.9.